The first kappa shape index (κ1) is 11.7. The van der Waals surface area contributed by atoms with Gasteiger partial charge in [0, 0.05) is 13.2 Å². The average Bonchev–Trinajstić information content (AvgIpc) is 2.60. The van der Waals surface area contributed by atoms with E-state index in [2.05, 4.69) is 10.3 Å². The molecule has 1 fully saturated rings. The van der Waals surface area contributed by atoms with Crippen molar-refractivity contribution in [3.05, 3.63) is 24.5 Å². The number of cyclic esters (lactones) is 1. The Hall–Kier alpha value is -1.73. The van der Waals surface area contributed by atoms with E-state index in [1.165, 1.54) is 4.90 Å². The fourth-order valence-corrected chi connectivity index (χ4v) is 1.74. The molecule has 1 atom stereocenters. The van der Waals surface area contributed by atoms with Crippen LogP contribution in [0.15, 0.2) is 24.5 Å². The van der Waals surface area contributed by atoms with E-state index >= 15 is 0 Å². The number of rotatable bonds is 2. The molecule has 1 aliphatic rings. The van der Waals surface area contributed by atoms with Crippen molar-refractivity contribution in [2.75, 3.05) is 19.0 Å². The first-order chi connectivity index (χ1) is 8.04. The van der Waals surface area contributed by atoms with Crippen LogP contribution in [0.2, 0.25) is 0 Å². The predicted octanol–water partition coefficient (Wildman–Crippen LogP) is 0.558. The van der Waals surface area contributed by atoms with Crippen LogP contribution in [0.4, 0.5) is 10.5 Å². The number of likely N-dealkylation sites (N-methyl/N-ethyl adjacent to an activating group) is 1. The van der Waals surface area contributed by atoms with E-state index in [1.807, 2.05) is 0 Å². The van der Waals surface area contributed by atoms with Gasteiger partial charge in [0.2, 0.25) is 0 Å². The Kier molecular flexibility index (Phi) is 2.95. The molecule has 1 amide bonds. The summed E-state index contributed by atoms with van der Waals surface area (Å²) in [5, 5.41) is 2.95. The zero-order chi connectivity index (χ0) is 12.5. The summed E-state index contributed by atoms with van der Waals surface area (Å²) in [6, 6.07) is 3.58. The highest BCUT2D eigenvalue weighted by molar-refractivity contribution is 7.80. The van der Waals surface area contributed by atoms with Crippen molar-refractivity contribution < 1.29 is 9.53 Å². The fraction of sp³-hybridized carbons (Fsp3) is 0.300. The lowest BCUT2D eigenvalue weighted by Crippen LogP contribution is -2.60. The number of ether oxygens (including phenoxy) is 1. The maximum atomic E-state index is 11.3. The second kappa shape index (κ2) is 4.27. The first-order valence-corrected chi connectivity index (χ1v) is 5.36. The van der Waals surface area contributed by atoms with Crippen LogP contribution in [0.3, 0.4) is 0 Å². The topological polar surface area (TPSA) is 80.5 Å². The molecule has 1 aromatic rings. The van der Waals surface area contributed by atoms with E-state index in [4.69, 9.17) is 22.7 Å². The number of hydrogen-bond donors (Lipinski definition) is 2. The average molecular weight is 252 g/mol. The molecule has 6 nitrogen and oxygen atoms in total. The van der Waals surface area contributed by atoms with Crippen LogP contribution in [0.5, 0.6) is 0 Å². The van der Waals surface area contributed by atoms with Gasteiger partial charge in [0.05, 0.1) is 11.9 Å². The Bertz CT molecular complexity index is 453. The number of carbonyl (C=O) groups excluding carboxylic acids is 1. The second-order valence-corrected chi connectivity index (χ2v) is 4.14. The van der Waals surface area contributed by atoms with Crippen LogP contribution in [-0.2, 0) is 4.74 Å². The molecule has 3 N–H and O–H groups in total. The van der Waals surface area contributed by atoms with E-state index in [0.29, 0.717) is 4.99 Å². The highest BCUT2D eigenvalue weighted by Gasteiger charge is 2.45. The maximum Gasteiger partial charge on any atom is 0.411 e. The van der Waals surface area contributed by atoms with Gasteiger partial charge < -0.3 is 10.1 Å². The summed E-state index contributed by atoms with van der Waals surface area (Å²) in [4.78, 5) is 16.8. The Morgan fingerprint density at radius 3 is 3.06 bits per heavy atom. The van der Waals surface area contributed by atoms with Gasteiger partial charge in [0.25, 0.3) is 0 Å². The molecule has 90 valence electrons. The minimum Gasteiger partial charge on any atom is -0.445 e. The number of amides is 1. The Morgan fingerprint density at radius 2 is 2.53 bits per heavy atom. The first-order valence-electron chi connectivity index (χ1n) is 4.95. The molecule has 0 aromatic carbocycles. The van der Waals surface area contributed by atoms with Gasteiger partial charge in [-0.3, -0.25) is 15.6 Å². The van der Waals surface area contributed by atoms with Crippen LogP contribution >= 0.6 is 12.2 Å². The summed E-state index contributed by atoms with van der Waals surface area (Å²) >= 11 is 5.20. The van der Waals surface area contributed by atoms with E-state index in [9.17, 15) is 4.79 Å². The third-order valence-corrected chi connectivity index (χ3v) is 3.06. The lowest BCUT2D eigenvalue weighted by molar-refractivity contribution is 0.163. The number of thiocarbonyl (C=S) groups is 1. The maximum absolute atomic E-state index is 11.3. The van der Waals surface area contributed by atoms with Crippen molar-refractivity contribution in [1.29, 1.82) is 0 Å². The second-order valence-electron chi connectivity index (χ2n) is 3.73. The molecule has 7 heteroatoms. The number of carbonyl (C=O) groups is 1. The third-order valence-electron chi connectivity index (χ3n) is 2.60. The quantitative estimate of drug-likeness (QED) is 0.748. The number of aromatic nitrogens is 1. The molecule has 0 saturated carbocycles. The van der Waals surface area contributed by atoms with Gasteiger partial charge in [-0.15, -0.1) is 0 Å². The predicted molar refractivity (Wildman–Crippen MR) is 66.5 cm³/mol. The zero-order valence-corrected chi connectivity index (χ0v) is 10.0. The summed E-state index contributed by atoms with van der Waals surface area (Å²) in [7, 11) is 1.55. The Labute approximate surface area is 104 Å². The third kappa shape index (κ3) is 2.06. The van der Waals surface area contributed by atoms with Crippen molar-refractivity contribution in [2.45, 2.75) is 5.66 Å². The van der Waals surface area contributed by atoms with Crippen LogP contribution in [0, 0.1) is 0 Å². The Morgan fingerprint density at radius 1 is 1.76 bits per heavy atom. The number of nitrogens with two attached hydrogens (primary N) is 1. The molecular formula is C10H12N4O2S. The smallest absolute Gasteiger partial charge is 0.411 e. The van der Waals surface area contributed by atoms with E-state index in [0.717, 1.165) is 5.69 Å². The molecule has 0 aliphatic carbocycles. The minimum absolute atomic E-state index is 0.0361. The van der Waals surface area contributed by atoms with Gasteiger partial charge >= 0.3 is 6.09 Å². The van der Waals surface area contributed by atoms with Crippen LogP contribution in [0.25, 0.3) is 0 Å². The molecule has 1 unspecified atom stereocenters. The molecule has 17 heavy (non-hydrogen) atoms. The molecule has 0 spiro atoms. The van der Waals surface area contributed by atoms with Crippen molar-refractivity contribution >= 4 is 29.0 Å². The van der Waals surface area contributed by atoms with Crippen LogP contribution in [-0.4, -0.2) is 40.3 Å². The van der Waals surface area contributed by atoms with Crippen LogP contribution < -0.4 is 11.1 Å². The summed E-state index contributed by atoms with van der Waals surface area (Å²) in [6.07, 6.45) is 2.79. The SMILES string of the molecule is CN1C(=O)OCC1(N)C(=S)Nc1cccnc1. The van der Waals surface area contributed by atoms with Gasteiger partial charge in [-0.2, -0.15) is 0 Å². The number of nitrogens with zero attached hydrogens (tertiary/aromatic N) is 2. The van der Waals surface area contributed by atoms with Crippen molar-refractivity contribution in [3.63, 3.8) is 0 Å². The van der Waals surface area contributed by atoms with E-state index in [-0.39, 0.29) is 6.61 Å². The van der Waals surface area contributed by atoms with Crippen LogP contribution in [0.1, 0.15) is 0 Å². The summed E-state index contributed by atoms with van der Waals surface area (Å²) in [6.45, 7) is 0.0361. The molecule has 0 radical (unpaired) electrons. The van der Waals surface area contributed by atoms with Gasteiger partial charge in [0.1, 0.15) is 11.6 Å². The van der Waals surface area contributed by atoms with Gasteiger partial charge in [0.15, 0.2) is 5.66 Å². The molecule has 2 heterocycles. The normalized spacial score (nSPS) is 23.4. The minimum atomic E-state index is -1.11. The van der Waals surface area contributed by atoms with E-state index in [1.54, 1.807) is 31.6 Å². The monoisotopic (exact) mass is 252 g/mol. The number of pyridine rings is 1. The number of nitrogens with one attached hydrogen (secondary N) is 1. The highest BCUT2D eigenvalue weighted by Crippen LogP contribution is 2.20. The molecule has 1 aromatic heterocycles. The molecule has 1 aliphatic heterocycles. The lowest BCUT2D eigenvalue weighted by Gasteiger charge is -2.29. The summed E-state index contributed by atoms with van der Waals surface area (Å²) < 4.78 is 4.86. The molecule has 1 saturated heterocycles. The van der Waals surface area contributed by atoms with Crippen molar-refractivity contribution in [3.8, 4) is 0 Å². The van der Waals surface area contributed by atoms with Crippen molar-refractivity contribution in [2.24, 2.45) is 5.73 Å². The largest absolute Gasteiger partial charge is 0.445 e. The molecule has 0 bridgehead atoms. The summed E-state index contributed by atoms with van der Waals surface area (Å²) in [5.74, 6) is 0. The number of hydrogen-bond acceptors (Lipinski definition) is 5. The van der Waals surface area contributed by atoms with Gasteiger partial charge in [-0.25, -0.2) is 4.79 Å². The fourth-order valence-electron chi connectivity index (χ4n) is 1.42. The lowest BCUT2D eigenvalue weighted by atomic mass is 10.2. The van der Waals surface area contributed by atoms with E-state index < -0.39 is 11.8 Å². The van der Waals surface area contributed by atoms with Gasteiger partial charge in [-0.1, -0.05) is 12.2 Å². The number of anilines is 1. The Balaban J connectivity index is 2.13. The highest BCUT2D eigenvalue weighted by atomic mass is 32.1. The summed E-state index contributed by atoms with van der Waals surface area (Å²) in [5.41, 5.74) is 5.65. The standard InChI is InChI=1S/C10H12N4O2S/c1-14-9(15)16-6-10(14,11)8(17)13-7-3-2-4-12-5-7/h2-5H,6,11H2,1H3,(H,13,17). The molecule has 2 rings (SSSR count). The van der Waals surface area contributed by atoms with Crippen molar-refractivity contribution in [1.82, 2.24) is 9.88 Å². The van der Waals surface area contributed by atoms with Gasteiger partial charge in [-0.05, 0) is 12.1 Å². The molecular weight excluding hydrogens is 240 g/mol. The zero-order valence-electron chi connectivity index (χ0n) is 9.21.